The summed E-state index contributed by atoms with van der Waals surface area (Å²) in [6, 6.07) is 49.9. The van der Waals surface area contributed by atoms with Crippen molar-refractivity contribution in [2.45, 2.75) is 143 Å². The lowest BCUT2D eigenvalue weighted by molar-refractivity contribution is 0.332. The highest BCUT2D eigenvalue weighted by Gasteiger charge is 2.39. The van der Waals surface area contributed by atoms with Crippen LogP contribution in [0.15, 0.2) is 138 Å². The van der Waals surface area contributed by atoms with E-state index in [9.17, 15) is 0 Å². The Bertz CT molecular complexity index is 3270. The fraction of sp³-hybridized carbons (Fsp3) is 0.344. The van der Waals surface area contributed by atoms with Crippen molar-refractivity contribution in [1.82, 2.24) is 0 Å². The van der Waals surface area contributed by atoms with E-state index in [0.29, 0.717) is 5.02 Å². The molecule has 0 bridgehead atoms. The lowest BCUT2D eigenvalue weighted by atomic mass is 9.63. The molecule has 68 heavy (non-hydrogen) atoms. The van der Waals surface area contributed by atoms with Crippen molar-refractivity contribution in [3.63, 3.8) is 0 Å². The molecule has 7 aromatic carbocycles. The summed E-state index contributed by atoms with van der Waals surface area (Å²) in [4.78, 5) is 4.92. The standard InChI is InChI=1S/C64H69ClN2O/c1-40-30-47(35-48(31-40)67(45-21-17-20-44(65)34-45)57-38-54-52(32-41(57)2)61(6,7)26-28-63(54,10)11)66(56-24-22-43(60(3,4)5)33-49(56)42-18-15-14-16-19-42)46-23-25-58-50(36-46)51-37-53-55(39-59(51)68-58)64(12,13)29-27-62(53,8)9/h14-25,30-39H,26-29H2,1-13H3. The maximum atomic E-state index is 6.90. The van der Waals surface area contributed by atoms with Crippen molar-refractivity contribution >= 4 is 67.7 Å². The largest absolute Gasteiger partial charge is 0.456 e. The van der Waals surface area contributed by atoms with Gasteiger partial charge in [0.25, 0.3) is 0 Å². The SMILES string of the molecule is Cc1cc(N(c2cccc(Cl)c2)c2cc3c(cc2C)C(C)(C)CCC3(C)C)cc(N(c2ccc3oc4cc5c(cc4c3c2)C(C)(C)CCC5(C)C)c2ccc(C(C)(C)C)cc2-c2ccccc2)c1. The van der Waals surface area contributed by atoms with Crippen LogP contribution in [0.2, 0.25) is 5.02 Å². The lowest BCUT2D eigenvalue weighted by Crippen LogP contribution is -2.34. The van der Waals surface area contributed by atoms with Gasteiger partial charge in [0.2, 0.25) is 0 Å². The van der Waals surface area contributed by atoms with E-state index in [1.54, 1.807) is 0 Å². The summed E-state index contributed by atoms with van der Waals surface area (Å²) in [5, 5.41) is 3.00. The Hall–Kier alpha value is -5.77. The summed E-state index contributed by atoms with van der Waals surface area (Å²) < 4.78 is 6.79. The number of rotatable bonds is 7. The highest BCUT2D eigenvalue weighted by molar-refractivity contribution is 6.30. The molecule has 2 aliphatic rings. The van der Waals surface area contributed by atoms with Gasteiger partial charge in [0, 0.05) is 49.8 Å². The molecule has 2 aliphatic carbocycles. The molecule has 0 spiro atoms. The molecule has 0 fully saturated rings. The molecule has 0 saturated carbocycles. The third kappa shape index (κ3) is 8.03. The van der Waals surface area contributed by atoms with Crippen molar-refractivity contribution in [1.29, 1.82) is 0 Å². The van der Waals surface area contributed by atoms with Crippen LogP contribution < -0.4 is 9.80 Å². The van der Waals surface area contributed by atoms with Crippen LogP contribution in [-0.2, 0) is 27.1 Å². The van der Waals surface area contributed by atoms with Crippen LogP contribution in [0.5, 0.6) is 0 Å². The number of aryl methyl sites for hydroxylation is 2. The first-order valence-electron chi connectivity index (χ1n) is 24.9. The minimum absolute atomic E-state index is 0.0378. The zero-order valence-electron chi connectivity index (χ0n) is 42.7. The van der Waals surface area contributed by atoms with Gasteiger partial charge in [0.1, 0.15) is 11.2 Å². The molecule has 0 amide bonds. The molecule has 0 atom stereocenters. The highest BCUT2D eigenvalue weighted by atomic mass is 35.5. The molecule has 0 aliphatic heterocycles. The second-order valence-electron chi connectivity index (χ2n) is 23.9. The highest BCUT2D eigenvalue weighted by Crippen LogP contribution is 2.52. The molecule has 0 unspecified atom stereocenters. The predicted octanol–water partition coefficient (Wildman–Crippen LogP) is 19.5. The molecule has 0 saturated heterocycles. The van der Waals surface area contributed by atoms with Crippen LogP contribution in [0.3, 0.4) is 0 Å². The van der Waals surface area contributed by atoms with E-state index >= 15 is 0 Å². The number of furan rings is 1. The number of anilines is 6. The fourth-order valence-corrected chi connectivity index (χ4v) is 11.6. The number of benzene rings is 7. The smallest absolute Gasteiger partial charge is 0.135 e. The van der Waals surface area contributed by atoms with E-state index in [1.165, 1.54) is 62.0 Å². The predicted molar refractivity (Wildman–Crippen MR) is 292 cm³/mol. The molecule has 1 heterocycles. The monoisotopic (exact) mass is 917 g/mol. The quantitative estimate of drug-likeness (QED) is 0.159. The van der Waals surface area contributed by atoms with Gasteiger partial charge in [-0.15, -0.1) is 0 Å². The number of hydrogen-bond donors (Lipinski definition) is 0. The Morgan fingerprint density at radius 3 is 1.65 bits per heavy atom. The molecule has 0 N–H and O–H groups in total. The van der Waals surface area contributed by atoms with Gasteiger partial charge in [0.05, 0.1) is 5.69 Å². The third-order valence-corrected chi connectivity index (χ3v) is 16.1. The van der Waals surface area contributed by atoms with Gasteiger partial charge >= 0.3 is 0 Å². The topological polar surface area (TPSA) is 19.6 Å². The maximum Gasteiger partial charge on any atom is 0.135 e. The Morgan fingerprint density at radius 2 is 1.03 bits per heavy atom. The van der Waals surface area contributed by atoms with Gasteiger partial charge in [-0.2, -0.15) is 0 Å². The number of halogens is 1. The Morgan fingerprint density at radius 1 is 0.471 bits per heavy atom. The molecule has 3 nitrogen and oxygen atoms in total. The lowest BCUT2D eigenvalue weighted by Gasteiger charge is -2.43. The van der Waals surface area contributed by atoms with Crippen LogP contribution in [0.4, 0.5) is 34.1 Å². The van der Waals surface area contributed by atoms with Gasteiger partial charge < -0.3 is 14.2 Å². The first-order valence-corrected chi connectivity index (χ1v) is 25.2. The minimum Gasteiger partial charge on any atom is -0.456 e. The number of hydrogen-bond acceptors (Lipinski definition) is 3. The van der Waals surface area contributed by atoms with E-state index in [0.717, 1.165) is 69.8 Å². The van der Waals surface area contributed by atoms with E-state index < -0.39 is 0 Å². The van der Waals surface area contributed by atoms with Crippen molar-refractivity contribution < 1.29 is 4.42 Å². The second kappa shape index (κ2) is 16.2. The van der Waals surface area contributed by atoms with Crippen LogP contribution in [0.1, 0.15) is 141 Å². The maximum absolute atomic E-state index is 6.90. The molecule has 8 aromatic rings. The van der Waals surface area contributed by atoms with Gasteiger partial charge in [0.15, 0.2) is 0 Å². The van der Waals surface area contributed by atoms with Gasteiger partial charge in [-0.3, -0.25) is 0 Å². The summed E-state index contributed by atoms with van der Waals surface area (Å²) in [5.41, 5.74) is 20.4. The molecule has 348 valence electrons. The summed E-state index contributed by atoms with van der Waals surface area (Å²) in [6.45, 7) is 30.6. The molecular formula is C64H69ClN2O. The Labute approximate surface area is 411 Å². The minimum atomic E-state index is -0.0481. The van der Waals surface area contributed by atoms with Crippen molar-refractivity contribution in [2.24, 2.45) is 0 Å². The summed E-state index contributed by atoms with van der Waals surface area (Å²) in [7, 11) is 0. The van der Waals surface area contributed by atoms with E-state index in [4.69, 9.17) is 16.0 Å². The first-order chi connectivity index (χ1) is 32.0. The van der Waals surface area contributed by atoms with Crippen molar-refractivity contribution in [3.05, 3.63) is 177 Å². The normalized spacial score (nSPS) is 16.9. The van der Waals surface area contributed by atoms with Gasteiger partial charge in [-0.1, -0.05) is 136 Å². The summed E-state index contributed by atoms with van der Waals surface area (Å²) >= 11 is 6.90. The molecule has 10 rings (SSSR count). The molecule has 4 heteroatoms. The zero-order valence-corrected chi connectivity index (χ0v) is 43.5. The second-order valence-corrected chi connectivity index (χ2v) is 24.4. The van der Waals surface area contributed by atoms with Crippen LogP contribution >= 0.6 is 11.6 Å². The average Bonchev–Trinajstić information content (AvgIpc) is 3.64. The number of nitrogens with zero attached hydrogens (tertiary/aromatic N) is 2. The Kier molecular flexibility index (Phi) is 10.9. The fourth-order valence-electron chi connectivity index (χ4n) is 11.4. The van der Waals surface area contributed by atoms with E-state index in [2.05, 4.69) is 227 Å². The zero-order chi connectivity index (χ0) is 48.3. The van der Waals surface area contributed by atoms with Crippen molar-refractivity contribution in [2.75, 3.05) is 9.80 Å². The Balaban J connectivity index is 1.24. The average molecular weight is 918 g/mol. The van der Waals surface area contributed by atoms with Crippen LogP contribution in [-0.4, -0.2) is 0 Å². The van der Waals surface area contributed by atoms with Crippen molar-refractivity contribution in [3.8, 4) is 11.1 Å². The van der Waals surface area contributed by atoms with Crippen LogP contribution in [0.25, 0.3) is 33.1 Å². The van der Waals surface area contributed by atoms with Gasteiger partial charge in [-0.05, 0) is 196 Å². The molecule has 0 radical (unpaired) electrons. The van der Waals surface area contributed by atoms with E-state index in [1.807, 2.05) is 6.07 Å². The summed E-state index contributed by atoms with van der Waals surface area (Å²) in [5.74, 6) is 0. The first kappa shape index (κ1) is 46.0. The molecular weight excluding hydrogens is 848 g/mol. The summed E-state index contributed by atoms with van der Waals surface area (Å²) in [6.07, 6.45) is 4.62. The number of fused-ring (bicyclic) bond motifs is 5. The molecule has 1 aromatic heterocycles. The van der Waals surface area contributed by atoms with E-state index in [-0.39, 0.29) is 27.1 Å². The van der Waals surface area contributed by atoms with Crippen LogP contribution in [0, 0.1) is 13.8 Å². The van der Waals surface area contributed by atoms with Gasteiger partial charge in [-0.25, -0.2) is 0 Å². The third-order valence-electron chi connectivity index (χ3n) is 15.9.